The molecule has 0 aromatic heterocycles. The molecule has 0 heterocycles. The smallest absolute Gasteiger partial charge is 0.137 e. The fourth-order valence-electron chi connectivity index (χ4n) is 1.51. The van der Waals surface area contributed by atoms with Crippen molar-refractivity contribution in [3.8, 4) is 0 Å². The molecule has 0 aliphatic rings. The first kappa shape index (κ1) is 13.3. The van der Waals surface area contributed by atoms with E-state index in [0.717, 1.165) is 5.56 Å². The van der Waals surface area contributed by atoms with Crippen LogP contribution in [-0.4, -0.2) is 0 Å². The van der Waals surface area contributed by atoms with Gasteiger partial charge < -0.3 is 5.32 Å². The van der Waals surface area contributed by atoms with Crippen LogP contribution in [0.15, 0.2) is 40.9 Å². The van der Waals surface area contributed by atoms with Gasteiger partial charge in [0.05, 0.1) is 4.47 Å². The van der Waals surface area contributed by atoms with Crippen molar-refractivity contribution >= 4 is 33.2 Å². The normalized spacial score (nSPS) is 10.4. The van der Waals surface area contributed by atoms with Crippen molar-refractivity contribution in [1.82, 2.24) is 0 Å². The maximum atomic E-state index is 13.3. The van der Waals surface area contributed by atoms with Crippen LogP contribution in [0.2, 0.25) is 5.02 Å². The summed E-state index contributed by atoms with van der Waals surface area (Å²) < 4.78 is 26.8. The average Bonchev–Trinajstić information content (AvgIpc) is 2.29. The van der Waals surface area contributed by atoms with Crippen LogP contribution in [0.5, 0.6) is 0 Å². The van der Waals surface area contributed by atoms with Gasteiger partial charge in [0, 0.05) is 17.3 Å². The van der Waals surface area contributed by atoms with Crippen molar-refractivity contribution < 1.29 is 8.78 Å². The van der Waals surface area contributed by atoms with Crippen molar-refractivity contribution in [3.05, 3.63) is 63.1 Å². The van der Waals surface area contributed by atoms with Crippen molar-refractivity contribution in [3.63, 3.8) is 0 Å². The first-order valence-electron chi connectivity index (χ1n) is 5.18. The summed E-state index contributed by atoms with van der Waals surface area (Å²) >= 11 is 8.81. The minimum absolute atomic E-state index is 0.319. The highest BCUT2D eigenvalue weighted by molar-refractivity contribution is 9.10. The van der Waals surface area contributed by atoms with E-state index in [4.69, 9.17) is 11.6 Å². The van der Waals surface area contributed by atoms with Crippen LogP contribution < -0.4 is 5.32 Å². The number of nitrogens with one attached hydrogen (secondary N) is 1. The Morgan fingerprint density at radius 1 is 1.11 bits per heavy atom. The van der Waals surface area contributed by atoms with Gasteiger partial charge in [0.15, 0.2) is 0 Å². The minimum atomic E-state index is -0.410. The maximum absolute atomic E-state index is 13.3. The third kappa shape index (κ3) is 3.43. The highest BCUT2D eigenvalue weighted by Gasteiger charge is 2.02. The summed E-state index contributed by atoms with van der Waals surface area (Å²) in [6.45, 7) is 0.393. The third-order valence-electron chi connectivity index (χ3n) is 2.34. The van der Waals surface area contributed by atoms with E-state index in [1.54, 1.807) is 18.2 Å². The van der Waals surface area contributed by atoms with Crippen molar-refractivity contribution in [2.75, 3.05) is 5.32 Å². The first-order chi connectivity index (χ1) is 8.54. The number of hydrogen-bond donors (Lipinski definition) is 1. The molecule has 94 valence electrons. The molecule has 2 rings (SSSR count). The second-order valence-corrected chi connectivity index (χ2v) is 5.05. The molecule has 0 aliphatic carbocycles. The topological polar surface area (TPSA) is 12.0 Å². The van der Waals surface area contributed by atoms with Crippen molar-refractivity contribution in [2.24, 2.45) is 0 Å². The second-order valence-electron chi connectivity index (χ2n) is 3.76. The lowest BCUT2D eigenvalue weighted by atomic mass is 10.2. The quantitative estimate of drug-likeness (QED) is 0.834. The van der Waals surface area contributed by atoms with Crippen LogP contribution in [0.3, 0.4) is 0 Å². The van der Waals surface area contributed by atoms with Gasteiger partial charge in [-0.1, -0.05) is 17.7 Å². The average molecular weight is 333 g/mol. The molecule has 0 spiro atoms. The van der Waals surface area contributed by atoms with Gasteiger partial charge in [0.25, 0.3) is 0 Å². The van der Waals surface area contributed by atoms with Gasteiger partial charge in [0.2, 0.25) is 0 Å². The van der Waals surface area contributed by atoms with E-state index in [-0.39, 0.29) is 5.82 Å². The zero-order valence-corrected chi connectivity index (χ0v) is 11.5. The predicted molar refractivity (Wildman–Crippen MR) is 72.8 cm³/mol. The van der Waals surface area contributed by atoms with Gasteiger partial charge in [0.1, 0.15) is 11.6 Å². The molecule has 0 saturated heterocycles. The molecule has 0 unspecified atom stereocenters. The summed E-state index contributed by atoms with van der Waals surface area (Å²) in [5.41, 5.74) is 1.32. The van der Waals surface area contributed by atoms with E-state index in [9.17, 15) is 8.78 Å². The third-order valence-corrected chi connectivity index (χ3v) is 3.20. The van der Waals surface area contributed by atoms with Crippen molar-refractivity contribution in [2.45, 2.75) is 6.54 Å². The molecule has 18 heavy (non-hydrogen) atoms. The summed E-state index contributed by atoms with van der Waals surface area (Å²) in [6, 6.07) is 9.00. The lowest BCUT2D eigenvalue weighted by molar-refractivity contribution is 0.619. The molecule has 0 saturated carbocycles. The molecule has 1 nitrogen and oxygen atoms in total. The van der Waals surface area contributed by atoms with E-state index in [1.165, 1.54) is 18.2 Å². The molecule has 0 fully saturated rings. The summed E-state index contributed by atoms with van der Waals surface area (Å²) in [4.78, 5) is 0. The van der Waals surface area contributed by atoms with Crippen LogP contribution in [-0.2, 0) is 6.54 Å². The molecule has 0 aliphatic heterocycles. The lowest BCUT2D eigenvalue weighted by Crippen LogP contribution is -2.00. The van der Waals surface area contributed by atoms with E-state index in [2.05, 4.69) is 21.2 Å². The second kappa shape index (κ2) is 5.67. The Kier molecular flexibility index (Phi) is 4.19. The van der Waals surface area contributed by atoms with Gasteiger partial charge in [-0.3, -0.25) is 0 Å². The zero-order valence-electron chi connectivity index (χ0n) is 9.18. The number of hydrogen-bond acceptors (Lipinski definition) is 1. The van der Waals surface area contributed by atoms with Crippen LogP contribution >= 0.6 is 27.5 Å². The first-order valence-corrected chi connectivity index (χ1v) is 6.35. The fraction of sp³-hybridized carbons (Fsp3) is 0.0769. The largest absolute Gasteiger partial charge is 0.381 e. The van der Waals surface area contributed by atoms with Crippen LogP contribution in [0.1, 0.15) is 5.56 Å². The van der Waals surface area contributed by atoms with Crippen molar-refractivity contribution in [1.29, 1.82) is 0 Å². The molecule has 0 radical (unpaired) electrons. The molecule has 2 aromatic rings. The highest BCUT2D eigenvalue weighted by Crippen LogP contribution is 2.20. The Morgan fingerprint density at radius 3 is 2.56 bits per heavy atom. The van der Waals surface area contributed by atoms with E-state index in [0.29, 0.717) is 21.7 Å². The number of rotatable bonds is 3. The van der Waals surface area contributed by atoms with Gasteiger partial charge in [-0.05, 0) is 51.8 Å². The predicted octanol–water partition coefficient (Wildman–Crippen LogP) is 4.99. The zero-order chi connectivity index (χ0) is 13.1. The molecule has 2 aromatic carbocycles. The summed E-state index contributed by atoms with van der Waals surface area (Å²) in [6.07, 6.45) is 0. The van der Waals surface area contributed by atoms with E-state index < -0.39 is 5.82 Å². The SMILES string of the molecule is Fc1cc(Cl)cc(NCc2ccc(Br)c(F)c2)c1. The Hall–Kier alpha value is -1.13. The van der Waals surface area contributed by atoms with Crippen LogP contribution in [0, 0.1) is 11.6 Å². The Labute approximate surface area is 117 Å². The standard InChI is InChI=1S/C13H9BrClF2N/c14-12-2-1-8(3-13(12)17)7-18-11-5-9(15)4-10(16)6-11/h1-6,18H,7H2. The van der Waals surface area contributed by atoms with Gasteiger partial charge in [-0.25, -0.2) is 8.78 Å². The molecular formula is C13H9BrClF2N. The number of halogens is 4. The maximum Gasteiger partial charge on any atom is 0.137 e. The summed E-state index contributed by atoms with van der Waals surface area (Å²) in [5, 5.41) is 3.30. The molecule has 0 bridgehead atoms. The number of benzene rings is 2. The Bertz CT molecular complexity index is 555. The highest BCUT2D eigenvalue weighted by atomic mass is 79.9. The van der Waals surface area contributed by atoms with Gasteiger partial charge in [-0.2, -0.15) is 0 Å². The summed E-state index contributed by atoms with van der Waals surface area (Å²) in [5.74, 6) is -0.737. The minimum Gasteiger partial charge on any atom is -0.381 e. The lowest BCUT2D eigenvalue weighted by Gasteiger charge is -2.08. The van der Waals surface area contributed by atoms with Gasteiger partial charge >= 0.3 is 0 Å². The fourth-order valence-corrected chi connectivity index (χ4v) is 1.98. The van der Waals surface area contributed by atoms with Crippen LogP contribution in [0.4, 0.5) is 14.5 Å². The molecule has 5 heteroatoms. The van der Waals surface area contributed by atoms with E-state index in [1.807, 2.05) is 0 Å². The molecule has 0 atom stereocenters. The molecular weight excluding hydrogens is 324 g/mol. The molecule has 1 N–H and O–H groups in total. The molecule has 0 amide bonds. The van der Waals surface area contributed by atoms with Gasteiger partial charge in [-0.15, -0.1) is 0 Å². The Balaban J connectivity index is 2.08. The van der Waals surface area contributed by atoms with E-state index >= 15 is 0 Å². The van der Waals surface area contributed by atoms with Crippen LogP contribution in [0.25, 0.3) is 0 Å². The summed E-state index contributed by atoms with van der Waals surface area (Å²) in [7, 11) is 0. The number of anilines is 1. The monoisotopic (exact) mass is 331 g/mol. The Morgan fingerprint density at radius 2 is 1.89 bits per heavy atom.